The van der Waals surface area contributed by atoms with Gasteiger partial charge < -0.3 is 14.6 Å². The molecule has 2 heterocycles. The van der Waals surface area contributed by atoms with Crippen LogP contribution in [0.15, 0.2) is 34.9 Å². The normalized spacial score (nSPS) is 14.0. The van der Waals surface area contributed by atoms with Crippen molar-refractivity contribution in [2.75, 3.05) is 19.6 Å². The van der Waals surface area contributed by atoms with Crippen LogP contribution in [0.25, 0.3) is 11.3 Å². The van der Waals surface area contributed by atoms with E-state index in [4.69, 9.17) is 4.42 Å². The summed E-state index contributed by atoms with van der Waals surface area (Å²) in [7, 11) is 0. The van der Waals surface area contributed by atoms with Crippen LogP contribution in [0, 0.1) is 5.82 Å². The van der Waals surface area contributed by atoms with E-state index >= 15 is 0 Å². The summed E-state index contributed by atoms with van der Waals surface area (Å²) < 4.78 is 19.3. The van der Waals surface area contributed by atoms with Gasteiger partial charge in [0, 0.05) is 38.9 Å². The molecule has 0 unspecified atom stereocenters. The zero-order chi connectivity index (χ0) is 18.4. The quantitative estimate of drug-likeness (QED) is 0.735. The minimum absolute atomic E-state index is 0.0941. The number of halogens is 1. The summed E-state index contributed by atoms with van der Waals surface area (Å²) in [6, 6.07) is 6.32. The number of hydrogen-bond acceptors (Lipinski definition) is 4. The molecule has 6 nitrogen and oxygen atoms in total. The van der Waals surface area contributed by atoms with Crippen molar-refractivity contribution in [3.8, 4) is 11.3 Å². The molecule has 1 aromatic heterocycles. The second kappa shape index (κ2) is 8.60. The molecule has 7 heteroatoms. The predicted octanol–water partition coefficient (Wildman–Crippen LogP) is 2.54. The largest absolute Gasteiger partial charge is 0.441 e. The van der Waals surface area contributed by atoms with Gasteiger partial charge in [-0.25, -0.2) is 9.37 Å². The molecule has 1 saturated heterocycles. The number of hydrogen-bond donors (Lipinski definition) is 1. The molecule has 1 aliphatic rings. The van der Waals surface area contributed by atoms with Gasteiger partial charge in [-0.15, -0.1) is 0 Å². The lowest BCUT2D eigenvalue weighted by Gasteiger charge is -2.15. The number of aryl methyl sites for hydroxylation is 1. The summed E-state index contributed by atoms with van der Waals surface area (Å²) in [5.74, 6) is 0.494. The van der Waals surface area contributed by atoms with Gasteiger partial charge in [0.15, 0.2) is 11.7 Å². The molecular weight excluding hydrogens is 337 g/mol. The number of nitrogens with one attached hydrogen (secondary N) is 1. The minimum Gasteiger partial charge on any atom is -0.441 e. The highest BCUT2D eigenvalue weighted by Gasteiger charge is 2.19. The van der Waals surface area contributed by atoms with Gasteiger partial charge in [0.1, 0.15) is 5.82 Å². The fraction of sp³-hybridized carbons (Fsp3) is 0.421. The van der Waals surface area contributed by atoms with E-state index < -0.39 is 0 Å². The molecule has 138 valence electrons. The van der Waals surface area contributed by atoms with Crippen LogP contribution in [0.3, 0.4) is 0 Å². The molecular formula is C19H22FN3O3. The minimum atomic E-state index is -0.371. The molecule has 3 rings (SSSR count). The predicted molar refractivity (Wildman–Crippen MR) is 93.7 cm³/mol. The molecule has 0 radical (unpaired) electrons. The van der Waals surface area contributed by atoms with E-state index in [0.29, 0.717) is 43.1 Å². The smallest absolute Gasteiger partial charge is 0.222 e. The Hall–Kier alpha value is -2.70. The number of amides is 2. The van der Waals surface area contributed by atoms with Crippen molar-refractivity contribution in [1.29, 1.82) is 0 Å². The number of rotatable bonds is 8. The number of carbonyl (C=O) groups is 2. The van der Waals surface area contributed by atoms with E-state index in [1.807, 2.05) is 4.90 Å². The van der Waals surface area contributed by atoms with E-state index in [1.165, 1.54) is 12.3 Å². The van der Waals surface area contributed by atoms with Gasteiger partial charge in [-0.2, -0.15) is 0 Å². The van der Waals surface area contributed by atoms with Crippen molar-refractivity contribution >= 4 is 11.8 Å². The zero-order valence-corrected chi connectivity index (χ0v) is 14.5. The van der Waals surface area contributed by atoms with Crippen molar-refractivity contribution in [2.45, 2.75) is 32.1 Å². The summed E-state index contributed by atoms with van der Waals surface area (Å²) in [5, 5.41) is 2.83. The Balaban J connectivity index is 1.38. The van der Waals surface area contributed by atoms with E-state index in [-0.39, 0.29) is 24.1 Å². The van der Waals surface area contributed by atoms with Gasteiger partial charge in [0.25, 0.3) is 0 Å². The lowest BCUT2D eigenvalue weighted by molar-refractivity contribution is -0.127. The molecule has 26 heavy (non-hydrogen) atoms. The number of benzene rings is 1. The van der Waals surface area contributed by atoms with Gasteiger partial charge in [0.05, 0.1) is 11.8 Å². The molecule has 0 saturated carbocycles. The van der Waals surface area contributed by atoms with Crippen molar-refractivity contribution in [1.82, 2.24) is 15.2 Å². The Morgan fingerprint density at radius 2 is 2.19 bits per heavy atom. The first-order valence-electron chi connectivity index (χ1n) is 8.87. The van der Waals surface area contributed by atoms with E-state index in [0.717, 1.165) is 19.4 Å². The van der Waals surface area contributed by atoms with E-state index in [9.17, 15) is 14.0 Å². The highest BCUT2D eigenvalue weighted by molar-refractivity contribution is 5.78. The Morgan fingerprint density at radius 3 is 2.96 bits per heavy atom. The number of aromatic nitrogens is 1. The average molecular weight is 359 g/mol. The van der Waals surface area contributed by atoms with Crippen LogP contribution < -0.4 is 5.32 Å². The van der Waals surface area contributed by atoms with Crippen LogP contribution >= 0.6 is 0 Å². The Bertz CT molecular complexity index is 775. The van der Waals surface area contributed by atoms with Crippen molar-refractivity contribution in [2.24, 2.45) is 0 Å². The highest BCUT2D eigenvalue weighted by atomic mass is 19.1. The third-order valence-corrected chi connectivity index (χ3v) is 4.36. The fourth-order valence-corrected chi connectivity index (χ4v) is 2.96. The average Bonchev–Trinajstić information content (AvgIpc) is 3.26. The molecule has 2 aromatic rings. The van der Waals surface area contributed by atoms with Crippen molar-refractivity contribution in [3.63, 3.8) is 0 Å². The molecule has 1 aromatic carbocycles. The molecule has 2 amide bonds. The topological polar surface area (TPSA) is 75.4 Å². The maximum atomic E-state index is 13.7. The molecule has 0 bridgehead atoms. The monoisotopic (exact) mass is 359 g/mol. The number of oxazole rings is 1. The van der Waals surface area contributed by atoms with Crippen molar-refractivity contribution < 1.29 is 18.4 Å². The summed E-state index contributed by atoms with van der Waals surface area (Å²) in [6.07, 6.45) is 4.38. The highest BCUT2D eigenvalue weighted by Crippen LogP contribution is 2.23. The van der Waals surface area contributed by atoms with E-state index in [1.54, 1.807) is 18.2 Å². The summed E-state index contributed by atoms with van der Waals surface area (Å²) >= 11 is 0. The molecule has 0 atom stereocenters. The first-order valence-corrected chi connectivity index (χ1v) is 8.87. The summed E-state index contributed by atoms with van der Waals surface area (Å²) in [4.78, 5) is 29.3. The van der Waals surface area contributed by atoms with Crippen LogP contribution in [0.1, 0.15) is 31.6 Å². The molecule has 1 aliphatic heterocycles. The van der Waals surface area contributed by atoms with Gasteiger partial charge in [0.2, 0.25) is 11.8 Å². The van der Waals surface area contributed by atoms with Crippen LogP contribution in [0.5, 0.6) is 0 Å². The summed E-state index contributed by atoms with van der Waals surface area (Å²) in [6.45, 7) is 2.04. The van der Waals surface area contributed by atoms with Crippen LogP contribution in [-0.2, 0) is 16.0 Å². The second-order valence-corrected chi connectivity index (χ2v) is 6.29. The lowest BCUT2D eigenvalue weighted by atomic mass is 10.2. The Morgan fingerprint density at radius 1 is 1.35 bits per heavy atom. The molecule has 0 spiro atoms. The maximum absolute atomic E-state index is 13.7. The van der Waals surface area contributed by atoms with E-state index in [2.05, 4.69) is 10.3 Å². The fourth-order valence-electron chi connectivity index (χ4n) is 2.96. The molecule has 0 aliphatic carbocycles. The van der Waals surface area contributed by atoms with Crippen LogP contribution in [0.4, 0.5) is 4.39 Å². The summed E-state index contributed by atoms with van der Waals surface area (Å²) in [5.41, 5.74) is 0.354. The zero-order valence-electron chi connectivity index (χ0n) is 14.5. The first kappa shape index (κ1) is 18.1. The van der Waals surface area contributed by atoms with Gasteiger partial charge in [-0.3, -0.25) is 9.59 Å². The van der Waals surface area contributed by atoms with Gasteiger partial charge in [-0.05, 0) is 25.0 Å². The lowest BCUT2D eigenvalue weighted by Crippen LogP contribution is -2.30. The maximum Gasteiger partial charge on any atom is 0.222 e. The van der Waals surface area contributed by atoms with Gasteiger partial charge >= 0.3 is 0 Å². The first-order chi connectivity index (χ1) is 12.6. The Kier molecular flexibility index (Phi) is 5.99. The van der Waals surface area contributed by atoms with Crippen LogP contribution in [-0.4, -0.2) is 41.3 Å². The third-order valence-electron chi connectivity index (χ3n) is 4.36. The van der Waals surface area contributed by atoms with Crippen molar-refractivity contribution in [3.05, 3.63) is 42.2 Å². The Labute approximate surface area is 151 Å². The van der Waals surface area contributed by atoms with Gasteiger partial charge in [-0.1, -0.05) is 12.1 Å². The number of carbonyl (C=O) groups excluding carboxylic acids is 2. The third kappa shape index (κ3) is 4.68. The SMILES string of the molecule is O=C(CCc1ncc(-c2ccccc2F)o1)NCCCN1CCCC1=O. The second-order valence-electron chi connectivity index (χ2n) is 6.29. The number of nitrogens with zero attached hydrogens (tertiary/aromatic N) is 2. The standard InChI is InChI=1S/C19H22FN3O3/c20-15-6-2-1-5-14(15)16-13-22-18(26-16)9-8-17(24)21-10-4-12-23-11-3-7-19(23)25/h1-2,5-6,13H,3-4,7-12H2,(H,21,24). The van der Waals surface area contributed by atoms with Crippen LogP contribution in [0.2, 0.25) is 0 Å². The molecule has 1 fully saturated rings. The molecule has 1 N–H and O–H groups in total. The number of likely N-dealkylation sites (tertiary alicyclic amines) is 1.